The number of carbonyl (C=O) groups is 2. The highest BCUT2D eigenvalue weighted by Gasteiger charge is 2.33. The smallest absolute Gasteiger partial charge is 0.347 e. The summed E-state index contributed by atoms with van der Waals surface area (Å²) in [5, 5.41) is 4.47. The quantitative estimate of drug-likeness (QED) is 0.875. The molecule has 0 radical (unpaired) electrons. The summed E-state index contributed by atoms with van der Waals surface area (Å²) in [5.41, 5.74) is -1.25. The van der Waals surface area contributed by atoms with Crippen LogP contribution >= 0.6 is 0 Å². The average Bonchev–Trinajstić information content (AvgIpc) is 2.36. The first kappa shape index (κ1) is 16.0. The summed E-state index contributed by atoms with van der Waals surface area (Å²) in [7, 11) is 0. The number of halogens is 3. The fourth-order valence-corrected chi connectivity index (χ4v) is 1.53. The van der Waals surface area contributed by atoms with Crippen molar-refractivity contribution >= 4 is 17.5 Å². The van der Waals surface area contributed by atoms with Gasteiger partial charge < -0.3 is 10.6 Å². The third-order valence-corrected chi connectivity index (χ3v) is 2.43. The molecule has 0 spiro atoms. The second kappa shape index (κ2) is 6.93. The van der Waals surface area contributed by atoms with Crippen molar-refractivity contribution in [2.24, 2.45) is 0 Å². The molecule has 0 aromatic heterocycles. The van der Waals surface area contributed by atoms with Crippen molar-refractivity contribution < 1.29 is 22.8 Å². The zero-order valence-corrected chi connectivity index (χ0v) is 10.9. The largest absolute Gasteiger partial charge is 0.418 e. The van der Waals surface area contributed by atoms with E-state index in [0.29, 0.717) is 6.42 Å². The third-order valence-electron chi connectivity index (χ3n) is 2.43. The van der Waals surface area contributed by atoms with E-state index in [9.17, 15) is 22.8 Å². The molecule has 4 nitrogen and oxygen atoms in total. The number of hydrogen-bond acceptors (Lipinski definition) is 2. The number of anilines is 1. The average molecular weight is 288 g/mol. The van der Waals surface area contributed by atoms with E-state index in [-0.39, 0.29) is 24.6 Å². The Hall–Kier alpha value is -2.05. The Morgan fingerprint density at radius 1 is 1.15 bits per heavy atom. The molecule has 1 aromatic rings. The number of para-hydroxylation sites is 1. The van der Waals surface area contributed by atoms with Crippen molar-refractivity contribution in [1.29, 1.82) is 0 Å². The van der Waals surface area contributed by atoms with Crippen LogP contribution in [0.1, 0.15) is 25.3 Å². The van der Waals surface area contributed by atoms with Gasteiger partial charge in [0, 0.05) is 6.42 Å². The van der Waals surface area contributed by atoms with E-state index in [0.717, 1.165) is 12.1 Å². The Morgan fingerprint density at radius 3 is 2.40 bits per heavy atom. The second-order valence-electron chi connectivity index (χ2n) is 4.12. The molecule has 0 aliphatic heterocycles. The SMILES string of the molecule is CCCC(=O)NCC(=O)Nc1ccccc1C(F)(F)F. The van der Waals surface area contributed by atoms with Crippen molar-refractivity contribution in [3.63, 3.8) is 0 Å². The van der Waals surface area contributed by atoms with Gasteiger partial charge in [-0.1, -0.05) is 19.1 Å². The summed E-state index contributed by atoms with van der Waals surface area (Å²) in [6.45, 7) is 1.45. The highest BCUT2D eigenvalue weighted by molar-refractivity contribution is 5.95. The van der Waals surface area contributed by atoms with Gasteiger partial charge in [-0.2, -0.15) is 13.2 Å². The summed E-state index contributed by atoms with van der Waals surface area (Å²) in [4.78, 5) is 22.7. The molecular weight excluding hydrogens is 273 g/mol. The van der Waals surface area contributed by atoms with Crippen molar-refractivity contribution in [1.82, 2.24) is 5.32 Å². The summed E-state index contributed by atoms with van der Waals surface area (Å²) >= 11 is 0. The third kappa shape index (κ3) is 4.91. The maximum absolute atomic E-state index is 12.7. The lowest BCUT2D eigenvalue weighted by atomic mass is 10.1. The van der Waals surface area contributed by atoms with E-state index >= 15 is 0 Å². The molecular formula is C13H15F3N2O2. The minimum atomic E-state index is -4.55. The van der Waals surface area contributed by atoms with E-state index < -0.39 is 17.6 Å². The van der Waals surface area contributed by atoms with Gasteiger partial charge in [-0.3, -0.25) is 9.59 Å². The minimum absolute atomic E-state index is 0.270. The van der Waals surface area contributed by atoms with E-state index in [4.69, 9.17) is 0 Å². The number of benzene rings is 1. The van der Waals surface area contributed by atoms with Gasteiger partial charge in [0.25, 0.3) is 0 Å². The molecule has 1 rings (SSSR count). The zero-order valence-electron chi connectivity index (χ0n) is 10.9. The topological polar surface area (TPSA) is 58.2 Å². The summed E-state index contributed by atoms with van der Waals surface area (Å²) in [6, 6.07) is 4.67. The predicted octanol–water partition coefficient (Wildman–Crippen LogP) is 2.56. The Morgan fingerprint density at radius 2 is 1.80 bits per heavy atom. The maximum atomic E-state index is 12.7. The molecule has 0 fully saturated rings. The molecule has 20 heavy (non-hydrogen) atoms. The first-order valence-electron chi connectivity index (χ1n) is 6.07. The van der Waals surface area contributed by atoms with Crippen LogP contribution in [0, 0.1) is 0 Å². The summed E-state index contributed by atoms with van der Waals surface area (Å²) < 4.78 is 38.1. The first-order valence-corrected chi connectivity index (χ1v) is 6.07. The van der Waals surface area contributed by atoms with Crippen LogP contribution in [0.25, 0.3) is 0 Å². The lowest BCUT2D eigenvalue weighted by molar-refractivity contribution is -0.137. The summed E-state index contributed by atoms with van der Waals surface area (Å²) in [6.07, 6.45) is -3.65. The van der Waals surface area contributed by atoms with Gasteiger partial charge in [-0.25, -0.2) is 0 Å². The Bertz CT molecular complexity index is 487. The Kier molecular flexibility index (Phi) is 5.54. The van der Waals surface area contributed by atoms with Gasteiger partial charge in [0.05, 0.1) is 17.8 Å². The fraction of sp³-hybridized carbons (Fsp3) is 0.385. The number of nitrogens with one attached hydrogen (secondary N) is 2. The van der Waals surface area contributed by atoms with E-state index in [1.54, 1.807) is 6.92 Å². The van der Waals surface area contributed by atoms with Gasteiger partial charge in [0.1, 0.15) is 0 Å². The number of amides is 2. The summed E-state index contributed by atoms with van der Waals surface area (Å²) in [5.74, 6) is -1.02. The molecule has 1 aromatic carbocycles. The van der Waals surface area contributed by atoms with Crippen LogP contribution in [0.2, 0.25) is 0 Å². The number of alkyl halides is 3. The standard InChI is InChI=1S/C13H15F3N2O2/c1-2-5-11(19)17-8-12(20)18-10-7-4-3-6-9(10)13(14,15)16/h3-4,6-7H,2,5,8H2,1H3,(H,17,19)(H,18,20). The molecule has 0 aliphatic rings. The van der Waals surface area contributed by atoms with Gasteiger partial charge in [-0.05, 0) is 18.6 Å². The fourth-order valence-electron chi connectivity index (χ4n) is 1.53. The Balaban J connectivity index is 2.65. The second-order valence-corrected chi connectivity index (χ2v) is 4.12. The van der Waals surface area contributed by atoms with Crippen LogP contribution in [-0.4, -0.2) is 18.4 Å². The molecule has 0 atom stereocenters. The Labute approximate surface area is 114 Å². The van der Waals surface area contributed by atoms with Crippen LogP contribution in [-0.2, 0) is 15.8 Å². The van der Waals surface area contributed by atoms with Gasteiger partial charge in [-0.15, -0.1) is 0 Å². The van der Waals surface area contributed by atoms with Crippen LogP contribution < -0.4 is 10.6 Å². The van der Waals surface area contributed by atoms with Crippen molar-refractivity contribution in [3.8, 4) is 0 Å². The van der Waals surface area contributed by atoms with Crippen LogP contribution in [0.3, 0.4) is 0 Å². The minimum Gasteiger partial charge on any atom is -0.347 e. The number of hydrogen-bond donors (Lipinski definition) is 2. The highest BCUT2D eigenvalue weighted by Crippen LogP contribution is 2.34. The van der Waals surface area contributed by atoms with Crippen molar-refractivity contribution in [2.45, 2.75) is 25.9 Å². The van der Waals surface area contributed by atoms with E-state index in [2.05, 4.69) is 10.6 Å². The van der Waals surface area contributed by atoms with Crippen molar-refractivity contribution in [3.05, 3.63) is 29.8 Å². The van der Waals surface area contributed by atoms with Crippen molar-refractivity contribution in [2.75, 3.05) is 11.9 Å². The molecule has 0 heterocycles. The molecule has 110 valence electrons. The van der Waals surface area contributed by atoms with Gasteiger partial charge in [0.2, 0.25) is 11.8 Å². The molecule has 2 amide bonds. The molecule has 0 unspecified atom stereocenters. The maximum Gasteiger partial charge on any atom is 0.418 e. The molecule has 7 heteroatoms. The normalized spacial score (nSPS) is 11.0. The van der Waals surface area contributed by atoms with Gasteiger partial charge >= 0.3 is 6.18 Å². The van der Waals surface area contributed by atoms with Crippen LogP contribution in [0.5, 0.6) is 0 Å². The zero-order chi connectivity index (χ0) is 15.2. The molecule has 0 saturated heterocycles. The molecule has 0 bridgehead atoms. The van der Waals surface area contributed by atoms with Gasteiger partial charge in [0.15, 0.2) is 0 Å². The van der Waals surface area contributed by atoms with Crippen LogP contribution in [0.4, 0.5) is 18.9 Å². The highest BCUT2D eigenvalue weighted by atomic mass is 19.4. The monoisotopic (exact) mass is 288 g/mol. The lowest BCUT2D eigenvalue weighted by Gasteiger charge is -2.13. The molecule has 2 N–H and O–H groups in total. The number of rotatable bonds is 5. The molecule has 0 aliphatic carbocycles. The van der Waals surface area contributed by atoms with Crippen LogP contribution in [0.15, 0.2) is 24.3 Å². The number of carbonyl (C=O) groups excluding carboxylic acids is 2. The lowest BCUT2D eigenvalue weighted by Crippen LogP contribution is -2.33. The van der Waals surface area contributed by atoms with E-state index in [1.807, 2.05) is 0 Å². The first-order chi connectivity index (χ1) is 9.34. The van der Waals surface area contributed by atoms with E-state index in [1.165, 1.54) is 12.1 Å². The molecule has 0 saturated carbocycles. The predicted molar refractivity (Wildman–Crippen MR) is 68.0 cm³/mol.